The molecule has 0 saturated carbocycles. The van der Waals surface area contributed by atoms with Gasteiger partial charge in [-0.15, -0.1) is 0 Å². The zero-order valence-electron chi connectivity index (χ0n) is 14.1. The average Bonchev–Trinajstić information content (AvgIpc) is 3.26. The number of aromatic nitrogens is 2. The van der Waals surface area contributed by atoms with Crippen LogP contribution in [0.1, 0.15) is 30.5 Å². The quantitative estimate of drug-likeness (QED) is 0.897. The summed E-state index contributed by atoms with van der Waals surface area (Å²) >= 11 is 0. The number of para-hydroxylation sites is 1. The van der Waals surface area contributed by atoms with E-state index in [1.165, 1.54) is 4.31 Å². The Morgan fingerprint density at radius 3 is 2.80 bits per heavy atom. The summed E-state index contributed by atoms with van der Waals surface area (Å²) in [6, 6.07) is 6.94. The summed E-state index contributed by atoms with van der Waals surface area (Å²) in [5.74, 6) is -0.139. The number of aryl methyl sites for hydroxylation is 1. The van der Waals surface area contributed by atoms with Crippen LogP contribution in [0.5, 0.6) is 0 Å². The van der Waals surface area contributed by atoms with Gasteiger partial charge in [-0.1, -0.05) is 18.2 Å². The van der Waals surface area contributed by atoms with Gasteiger partial charge in [-0.25, -0.2) is 8.42 Å². The molecule has 2 atom stereocenters. The zero-order valence-corrected chi connectivity index (χ0v) is 15.0. The lowest BCUT2D eigenvalue weighted by atomic mass is 9.73. The fourth-order valence-corrected chi connectivity index (χ4v) is 5.48. The summed E-state index contributed by atoms with van der Waals surface area (Å²) in [6.45, 7) is 1.95. The molecule has 2 aliphatic heterocycles. The van der Waals surface area contributed by atoms with Crippen molar-refractivity contribution in [3.05, 3.63) is 47.8 Å². The molecule has 7 nitrogen and oxygen atoms in total. The minimum absolute atomic E-state index is 0.00308. The Morgan fingerprint density at radius 1 is 1.36 bits per heavy atom. The van der Waals surface area contributed by atoms with Gasteiger partial charge in [0.05, 0.1) is 23.4 Å². The van der Waals surface area contributed by atoms with Gasteiger partial charge in [0.1, 0.15) is 0 Å². The Labute approximate surface area is 146 Å². The van der Waals surface area contributed by atoms with Crippen LogP contribution in [0.4, 0.5) is 5.69 Å². The number of fused-ring (bicyclic) bond motifs is 2. The molecule has 132 valence electrons. The Hall–Kier alpha value is -2.19. The van der Waals surface area contributed by atoms with Crippen molar-refractivity contribution < 1.29 is 13.2 Å². The highest BCUT2D eigenvalue weighted by atomic mass is 32.2. The van der Waals surface area contributed by atoms with E-state index in [0.717, 1.165) is 16.8 Å². The van der Waals surface area contributed by atoms with Crippen LogP contribution in [0.3, 0.4) is 0 Å². The molecule has 1 fully saturated rings. The van der Waals surface area contributed by atoms with Crippen molar-refractivity contribution >= 4 is 21.6 Å². The second kappa shape index (κ2) is 5.40. The predicted octanol–water partition coefficient (Wildman–Crippen LogP) is 1.41. The third kappa shape index (κ3) is 2.17. The van der Waals surface area contributed by atoms with Crippen LogP contribution in [0.25, 0.3) is 0 Å². The highest BCUT2D eigenvalue weighted by Crippen LogP contribution is 2.55. The van der Waals surface area contributed by atoms with Crippen molar-refractivity contribution in [2.45, 2.75) is 24.8 Å². The van der Waals surface area contributed by atoms with E-state index in [2.05, 4.69) is 10.4 Å². The number of benzene rings is 1. The van der Waals surface area contributed by atoms with E-state index in [1.54, 1.807) is 31.0 Å². The van der Waals surface area contributed by atoms with Gasteiger partial charge in [-0.2, -0.15) is 9.40 Å². The standard InChI is InChI=1S/C17H20N4O3S/c1-3-25(23,24)21-9-8-17(15(21)12-10-18-20(2)11-12)13-6-4-5-7-14(13)19-16(17)22/h4-7,10-11,15H,3,8-9H2,1-2H3,(H,19,22)/t15-,17+/m0/s1. The minimum Gasteiger partial charge on any atom is -0.325 e. The fraction of sp³-hybridized carbons (Fsp3) is 0.412. The van der Waals surface area contributed by atoms with E-state index in [9.17, 15) is 13.2 Å². The van der Waals surface area contributed by atoms with Crippen molar-refractivity contribution in [3.63, 3.8) is 0 Å². The van der Waals surface area contributed by atoms with Crippen molar-refractivity contribution in [1.82, 2.24) is 14.1 Å². The maximum absolute atomic E-state index is 13.0. The van der Waals surface area contributed by atoms with Crippen molar-refractivity contribution in [1.29, 1.82) is 0 Å². The maximum atomic E-state index is 13.0. The molecule has 1 saturated heterocycles. The molecule has 0 bridgehead atoms. The van der Waals surface area contributed by atoms with Crippen molar-refractivity contribution in [2.24, 2.45) is 7.05 Å². The summed E-state index contributed by atoms with van der Waals surface area (Å²) in [5, 5.41) is 7.14. The van der Waals surface area contributed by atoms with Crippen LogP contribution in [0.2, 0.25) is 0 Å². The topological polar surface area (TPSA) is 84.3 Å². The zero-order chi connectivity index (χ0) is 17.8. The number of sulfonamides is 1. The largest absolute Gasteiger partial charge is 0.325 e. The first-order valence-corrected chi connectivity index (χ1v) is 9.90. The molecule has 3 heterocycles. The number of nitrogens with one attached hydrogen (secondary N) is 1. The van der Waals surface area contributed by atoms with Gasteiger partial charge in [0.15, 0.2) is 0 Å². The number of nitrogens with zero attached hydrogens (tertiary/aromatic N) is 3. The van der Waals surface area contributed by atoms with E-state index in [4.69, 9.17) is 0 Å². The van der Waals surface area contributed by atoms with Gasteiger partial charge in [0.25, 0.3) is 0 Å². The monoisotopic (exact) mass is 360 g/mol. The number of rotatable bonds is 3. The van der Waals surface area contributed by atoms with Gasteiger partial charge >= 0.3 is 0 Å². The molecule has 1 aromatic carbocycles. The van der Waals surface area contributed by atoms with Gasteiger partial charge in [0, 0.05) is 31.0 Å². The van der Waals surface area contributed by atoms with Crippen LogP contribution < -0.4 is 5.32 Å². The van der Waals surface area contributed by atoms with Crippen LogP contribution in [-0.2, 0) is 27.3 Å². The lowest BCUT2D eigenvalue weighted by molar-refractivity contribution is -0.121. The molecule has 0 unspecified atom stereocenters. The lowest BCUT2D eigenvalue weighted by Gasteiger charge is -2.32. The van der Waals surface area contributed by atoms with Crippen LogP contribution in [0, 0.1) is 0 Å². The SMILES string of the molecule is CCS(=O)(=O)N1CC[C@]2(C(=O)Nc3ccccc32)[C@@H]1c1cnn(C)c1. The molecule has 0 radical (unpaired) electrons. The molecule has 4 rings (SSSR count). The number of amides is 1. The van der Waals surface area contributed by atoms with E-state index in [0.29, 0.717) is 13.0 Å². The number of carbonyl (C=O) groups is 1. The lowest BCUT2D eigenvalue weighted by Crippen LogP contribution is -2.42. The maximum Gasteiger partial charge on any atom is 0.237 e. The summed E-state index contributed by atoms with van der Waals surface area (Å²) in [4.78, 5) is 13.0. The van der Waals surface area contributed by atoms with Gasteiger partial charge in [-0.3, -0.25) is 9.48 Å². The molecule has 1 aromatic heterocycles. The predicted molar refractivity (Wildman–Crippen MR) is 93.5 cm³/mol. The molecule has 2 aliphatic rings. The number of carbonyl (C=O) groups excluding carboxylic acids is 1. The molecular formula is C17H20N4O3S. The summed E-state index contributed by atoms with van der Waals surface area (Å²) in [7, 11) is -1.67. The number of hydrogen-bond acceptors (Lipinski definition) is 4. The summed E-state index contributed by atoms with van der Waals surface area (Å²) in [6.07, 6.45) is 3.91. The number of anilines is 1. The molecule has 25 heavy (non-hydrogen) atoms. The van der Waals surface area contributed by atoms with E-state index in [-0.39, 0.29) is 11.7 Å². The third-order valence-corrected chi connectivity index (χ3v) is 7.14. The molecule has 1 N–H and O–H groups in total. The van der Waals surface area contributed by atoms with Gasteiger partial charge < -0.3 is 5.32 Å². The first-order chi connectivity index (χ1) is 11.9. The smallest absolute Gasteiger partial charge is 0.237 e. The average molecular weight is 360 g/mol. The van der Waals surface area contributed by atoms with Crippen molar-refractivity contribution in [2.75, 3.05) is 17.6 Å². The molecule has 8 heteroatoms. The molecule has 1 amide bonds. The Morgan fingerprint density at radius 2 is 2.12 bits per heavy atom. The van der Waals surface area contributed by atoms with E-state index in [1.807, 2.05) is 24.3 Å². The number of hydrogen-bond donors (Lipinski definition) is 1. The first kappa shape index (κ1) is 16.3. The molecule has 0 aliphatic carbocycles. The van der Waals surface area contributed by atoms with Gasteiger partial charge in [0.2, 0.25) is 15.9 Å². The second-order valence-electron chi connectivity index (χ2n) is 6.58. The fourth-order valence-electron chi connectivity index (χ4n) is 4.15. The molecule has 2 aromatic rings. The summed E-state index contributed by atoms with van der Waals surface area (Å²) in [5.41, 5.74) is 1.45. The Balaban J connectivity index is 1.95. The second-order valence-corrected chi connectivity index (χ2v) is 8.79. The molecular weight excluding hydrogens is 340 g/mol. The first-order valence-electron chi connectivity index (χ1n) is 8.29. The van der Waals surface area contributed by atoms with E-state index < -0.39 is 21.5 Å². The Kier molecular flexibility index (Phi) is 3.52. The van der Waals surface area contributed by atoms with Gasteiger partial charge in [-0.05, 0) is 25.0 Å². The minimum atomic E-state index is -3.46. The molecule has 1 spiro atoms. The van der Waals surface area contributed by atoms with Crippen LogP contribution in [-0.4, -0.2) is 40.7 Å². The Bertz CT molecular complexity index is 952. The third-order valence-electron chi connectivity index (χ3n) is 5.31. The van der Waals surface area contributed by atoms with E-state index >= 15 is 0 Å². The van der Waals surface area contributed by atoms with Crippen LogP contribution in [0.15, 0.2) is 36.7 Å². The van der Waals surface area contributed by atoms with Crippen molar-refractivity contribution in [3.8, 4) is 0 Å². The normalized spacial score (nSPS) is 26.2. The summed E-state index contributed by atoms with van der Waals surface area (Å²) < 4.78 is 28.5. The highest BCUT2D eigenvalue weighted by molar-refractivity contribution is 7.89. The highest BCUT2D eigenvalue weighted by Gasteiger charge is 2.60. The van der Waals surface area contributed by atoms with Crippen LogP contribution >= 0.6 is 0 Å².